The molecule has 1 aromatic carbocycles. The maximum Gasteiger partial charge on any atom is 0.232 e. The van der Waals surface area contributed by atoms with Crippen LogP contribution in [0.25, 0.3) is 0 Å². The Bertz CT molecular complexity index is 625. The number of aliphatic hydroxyl groups is 1. The number of nitrogens with zero attached hydrogens (tertiary/aromatic N) is 2. The van der Waals surface area contributed by atoms with Gasteiger partial charge in [-0.1, -0.05) is 23.4 Å². The van der Waals surface area contributed by atoms with Crippen molar-refractivity contribution in [1.82, 2.24) is 10.1 Å². The predicted octanol–water partition coefficient (Wildman–Crippen LogP) is 2.22. The fourth-order valence-corrected chi connectivity index (χ4v) is 3.14. The first-order valence-corrected chi connectivity index (χ1v) is 7.06. The molecule has 1 saturated carbocycles. The first-order valence-electron chi connectivity index (χ1n) is 7.06. The summed E-state index contributed by atoms with van der Waals surface area (Å²) in [7, 11) is 0. The summed E-state index contributed by atoms with van der Waals surface area (Å²) in [5.74, 6) is 2.14. The fourth-order valence-electron chi connectivity index (χ4n) is 3.14. The van der Waals surface area contributed by atoms with Crippen molar-refractivity contribution < 1.29 is 14.4 Å². The Hall–Kier alpha value is -1.88. The van der Waals surface area contributed by atoms with Gasteiger partial charge in [0.2, 0.25) is 5.89 Å². The second kappa shape index (κ2) is 4.59. The minimum absolute atomic E-state index is 0.00573. The van der Waals surface area contributed by atoms with E-state index < -0.39 is 0 Å². The zero-order chi connectivity index (χ0) is 13.5. The molecule has 5 heteroatoms. The van der Waals surface area contributed by atoms with Gasteiger partial charge in [0.15, 0.2) is 5.82 Å². The lowest BCUT2D eigenvalue weighted by atomic mass is 10.0. The van der Waals surface area contributed by atoms with Gasteiger partial charge in [0, 0.05) is 5.56 Å². The monoisotopic (exact) mass is 272 g/mol. The van der Waals surface area contributed by atoms with Crippen molar-refractivity contribution in [3.05, 3.63) is 41.5 Å². The van der Waals surface area contributed by atoms with E-state index in [4.69, 9.17) is 9.26 Å². The molecule has 3 unspecified atom stereocenters. The molecule has 1 aliphatic carbocycles. The lowest BCUT2D eigenvalue weighted by Gasteiger charge is -2.08. The van der Waals surface area contributed by atoms with Crippen LogP contribution in [0.1, 0.15) is 48.4 Å². The number of para-hydroxylation sites is 1. The normalized spacial score (nSPS) is 28.4. The molecule has 0 bridgehead atoms. The Balaban J connectivity index is 1.63. The molecule has 1 fully saturated rings. The predicted molar refractivity (Wildman–Crippen MR) is 70.7 cm³/mol. The third-order valence-corrected chi connectivity index (χ3v) is 4.27. The van der Waals surface area contributed by atoms with Crippen LogP contribution in [-0.4, -0.2) is 28.0 Å². The van der Waals surface area contributed by atoms with Gasteiger partial charge in [-0.3, -0.25) is 0 Å². The summed E-state index contributed by atoms with van der Waals surface area (Å²) < 4.78 is 11.0. The van der Waals surface area contributed by atoms with Crippen LogP contribution in [0.3, 0.4) is 0 Å². The first-order chi connectivity index (χ1) is 9.83. The summed E-state index contributed by atoms with van der Waals surface area (Å²) >= 11 is 0. The Morgan fingerprint density at radius 3 is 2.95 bits per heavy atom. The van der Waals surface area contributed by atoms with Crippen molar-refractivity contribution in [2.45, 2.75) is 37.2 Å². The van der Waals surface area contributed by atoms with Gasteiger partial charge in [-0.2, -0.15) is 4.98 Å². The Labute approximate surface area is 116 Å². The molecule has 0 amide bonds. The molecule has 4 rings (SSSR count). The largest absolute Gasteiger partial charge is 0.492 e. The van der Waals surface area contributed by atoms with E-state index in [0.29, 0.717) is 18.3 Å². The average molecular weight is 272 g/mol. The highest BCUT2D eigenvalue weighted by Crippen LogP contribution is 2.38. The summed E-state index contributed by atoms with van der Waals surface area (Å²) in [5, 5.41) is 14.0. The number of benzene rings is 1. The fraction of sp³-hybridized carbons (Fsp3) is 0.467. The summed E-state index contributed by atoms with van der Waals surface area (Å²) in [6, 6.07) is 7.94. The van der Waals surface area contributed by atoms with Crippen LogP contribution in [0.5, 0.6) is 5.75 Å². The number of aliphatic hydroxyl groups excluding tert-OH is 1. The molecule has 1 aliphatic heterocycles. The van der Waals surface area contributed by atoms with Crippen LogP contribution in [-0.2, 0) is 0 Å². The number of ether oxygens (including phenoxy) is 1. The van der Waals surface area contributed by atoms with Crippen LogP contribution in [0, 0.1) is 0 Å². The maximum absolute atomic E-state index is 9.92. The minimum Gasteiger partial charge on any atom is -0.492 e. The molecular weight excluding hydrogens is 256 g/mol. The first kappa shape index (κ1) is 11.9. The zero-order valence-electron chi connectivity index (χ0n) is 11.0. The van der Waals surface area contributed by atoms with E-state index in [9.17, 15) is 5.11 Å². The van der Waals surface area contributed by atoms with E-state index in [0.717, 1.165) is 30.6 Å². The molecule has 3 atom stereocenters. The van der Waals surface area contributed by atoms with Crippen LogP contribution < -0.4 is 4.74 Å². The highest BCUT2D eigenvalue weighted by Gasteiger charge is 2.34. The van der Waals surface area contributed by atoms with Crippen molar-refractivity contribution in [2.24, 2.45) is 0 Å². The number of aromatic nitrogens is 2. The van der Waals surface area contributed by atoms with Crippen molar-refractivity contribution in [1.29, 1.82) is 0 Å². The maximum atomic E-state index is 9.92. The minimum atomic E-state index is -0.351. The van der Waals surface area contributed by atoms with Gasteiger partial charge >= 0.3 is 0 Å². The lowest BCUT2D eigenvalue weighted by Crippen LogP contribution is -2.12. The number of hydrogen-bond donors (Lipinski definition) is 1. The third kappa shape index (κ3) is 1.81. The van der Waals surface area contributed by atoms with Gasteiger partial charge in [-0.05, 0) is 25.3 Å². The molecule has 5 nitrogen and oxygen atoms in total. The van der Waals surface area contributed by atoms with E-state index >= 15 is 0 Å². The molecule has 1 aromatic heterocycles. The Morgan fingerprint density at radius 2 is 2.10 bits per heavy atom. The van der Waals surface area contributed by atoms with E-state index in [1.54, 1.807) is 0 Å². The molecular formula is C15H16N2O3. The van der Waals surface area contributed by atoms with E-state index in [-0.39, 0.29) is 17.9 Å². The van der Waals surface area contributed by atoms with Crippen LogP contribution >= 0.6 is 0 Å². The van der Waals surface area contributed by atoms with Gasteiger partial charge in [0.1, 0.15) is 12.4 Å². The second-order valence-corrected chi connectivity index (χ2v) is 5.50. The van der Waals surface area contributed by atoms with E-state index in [1.165, 1.54) is 0 Å². The SMILES string of the molecule is OC1CCCC1c1nc(C2COc3ccccc32)no1. The van der Waals surface area contributed by atoms with E-state index in [2.05, 4.69) is 10.1 Å². The molecule has 2 heterocycles. The van der Waals surface area contributed by atoms with Gasteiger partial charge in [0.25, 0.3) is 0 Å². The number of rotatable bonds is 2. The Kier molecular flexibility index (Phi) is 2.73. The second-order valence-electron chi connectivity index (χ2n) is 5.50. The summed E-state index contributed by atoms with van der Waals surface area (Å²) in [6.07, 6.45) is 2.40. The molecule has 0 radical (unpaired) electrons. The molecule has 2 aliphatic rings. The standard InChI is InChI=1S/C15H16N2O3/c18-12-6-3-5-10(12)15-16-14(17-20-15)11-8-19-13-7-2-1-4-9(11)13/h1-2,4,7,10-12,18H,3,5-6,8H2. The van der Waals surface area contributed by atoms with Crippen molar-refractivity contribution in [3.63, 3.8) is 0 Å². The number of fused-ring (bicyclic) bond motifs is 1. The topological polar surface area (TPSA) is 68.4 Å². The average Bonchev–Trinajstić information content (AvgIpc) is 3.15. The molecule has 1 N–H and O–H groups in total. The van der Waals surface area contributed by atoms with Crippen molar-refractivity contribution in [3.8, 4) is 5.75 Å². The molecule has 0 spiro atoms. The highest BCUT2D eigenvalue weighted by molar-refractivity contribution is 5.42. The lowest BCUT2D eigenvalue weighted by molar-refractivity contribution is 0.148. The van der Waals surface area contributed by atoms with Gasteiger partial charge < -0.3 is 14.4 Å². The van der Waals surface area contributed by atoms with Crippen LogP contribution in [0.15, 0.2) is 28.8 Å². The molecule has 2 aromatic rings. The van der Waals surface area contributed by atoms with Crippen LogP contribution in [0.2, 0.25) is 0 Å². The van der Waals surface area contributed by atoms with E-state index in [1.807, 2.05) is 24.3 Å². The van der Waals surface area contributed by atoms with Gasteiger partial charge in [-0.25, -0.2) is 0 Å². The van der Waals surface area contributed by atoms with Gasteiger partial charge in [0.05, 0.1) is 17.9 Å². The highest BCUT2D eigenvalue weighted by atomic mass is 16.5. The summed E-state index contributed by atoms with van der Waals surface area (Å²) in [5.41, 5.74) is 1.10. The van der Waals surface area contributed by atoms with Crippen molar-refractivity contribution in [2.75, 3.05) is 6.61 Å². The molecule has 104 valence electrons. The third-order valence-electron chi connectivity index (χ3n) is 4.27. The number of hydrogen-bond acceptors (Lipinski definition) is 5. The summed E-state index contributed by atoms with van der Waals surface area (Å²) in [6.45, 7) is 0.547. The molecule has 0 saturated heterocycles. The molecule has 20 heavy (non-hydrogen) atoms. The zero-order valence-corrected chi connectivity index (χ0v) is 11.0. The summed E-state index contributed by atoms with van der Waals surface area (Å²) in [4.78, 5) is 4.51. The smallest absolute Gasteiger partial charge is 0.232 e. The van der Waals surface area contributed by atoms with Gasteiger partial charge in [-0.15, -0.1) is 0 Å². The Morgan fingerprint density at radius 1 is 1.20 bits per heavy atom. The quantitative estimate of drug-likeness (QED) is 0.907. The van der Waals surface area contributed by atoms with Crippen LogP contribution in [0.4, 0.5) is 0 Å². The van der Waals surface area contributed by atoms with Crippen molar-refractivity contribution >= 4 is 0 Å².